The maximum Gasteiger partial charge on any atom is 0.365 e. The fraction of sp³-hybridized carbons (Fsp3) is 0.812. The van der Waals surface area contributed by atoms with Crippen molar-refractivity contribution in [1.82, 2.24) is 5.32 Å². The molecule has 1 rings (SSSR count). The summed E-state index contributed by atoms with van der Waals surface area (Å²) in [6, 6.07) is 0. The van der Waals surface area contributed by atoms with Gasteiger partial charge in [-0.15, -0.1) is 0 Å². The van der Waals surface area contributed by atoms with E-state index in [9.17, 15) is 4.79 Å². The number of rotatable bonds is 7. The van der Waals surface area contributed by atoms with Crippen LogP contribution in [0.3, 0.4) is 0 Å². The van der Waals surface area contributed by atoms with Crippen LogP contribution in [-0.2, 0) is 14.6 Å². The Labute approximate surface area is 122 Å². The largest absolute Gasteiger partial charge is 0.365 e. The second-order valence-corrected chi connectivity index (χ2v) is 5.83. The monoisotopic (exact) mass is 283 g/mol. The van der Waals surface area contributed by atoms with E-state index >= 15 is 0 Å². The number of nitrogens with one attached hydrogen (secondary N) is 1. The number of hydrogen-bond acceptors (Lipinski definition) is 4. The van der Waals surface area contributed by atoms with E-state index in [4.69, 9.17) is 9.78 Å². The first-order valence-corrected chi connectivity index (χ1v) is 7.77. The van der Waals surface area contributed by atoms with Gasteiger partial charge >= 0.3 is 5.97 Å². The molecule has 1 saturated heterocycles. The van der Waals surface area contributed by atoms with Crippen molar-refractivity contribution in [3.63, 3.8) is 0 Å². The Kier molecular flexibility index (Phi) is 6.21. The summed E-state index contributed by atoms with van der Waals surface area (Å²) in [5.41, 5.74) is 0.130. The van der Waals surface area contributed by atoms with Crippen molar-refractivity contribution < 1.29 is 14.6 Å². The average Bonchev–Trinajstić information content (AvgIpc) is 2.51. The third kappa shape index (κ3) is 3.83. The Hall–Kier alpha value is -0.870. The van der Waals surface area contributed by atoms with Gasteiger partial charge < -0.3 is 5.32 Å². The molecule has 0 saturated carbocycles. The summed E-state index contributed by atoms with van der Waals surface area (Å²) in [7, 11) is 0. The Morgan fingerprint density at radius 1 is 1.15 bits per heavy atom. The van der Waals surface area contributed by atoms with Gasteiger partial charge in [-0.1, -0.05) is 34.3 Å². The number of carbonyl (C=O) groups is 1. The van der Waals surface area contributed by atoms with E-state index < -0.39 is 5.97 Å². The SMILES string of the molecule is C=CC(=O)OOC1CC(CC)(CC)NC(CC)(CC)C1. The zero-order valence-corrected chi connectivity index (χ0v) is 13.3. The molecule has 0 aromatic heterocycles. The van der Waals surface area contributed by atoms with Crippen LogP contribution in [0.4, 0.5) is 0 Å². The predicted molar refractivity (Wildman–Crippen MR) is 80.2 cm³/mol. The highest BCUT2D eigenvalue weighted by atomic mass is 17.2. The smallest absolute Gasteiger partial charge is 0.306 e. The van der Waals surface area contributed by atoms with Gasteiger partial charge in [-0.2, -0.15) is 4.89 Å². The fourth-order valence-corrected chi connectivity index (χ4v) is 3.26. The predicted octanol–water partition coefficient (Wildman–Crippen LogP) is 3.52. The molecule has 4 nitrogen and oxygen atoms in total. The van der Waals surface area contributed by atoms with Crippen LogP contribution in [0, 0.1) is 0 Å². The lowest BCUT2D eigenvalue weighted by Crippen LogP contribution is -2.64. The van der Waals surface area contributed by atoms with Crippen molar-refractivity contribution in [2.45, 2.75) is 83.4 Å². The van der Waals surface area contributed by atoms with E-state index in [0.717, 1.165) is 44.6 Å². The minimum absolute atomic E-state index is 0.0556. The normalized spacial score (nSPS) is 21.4. The molecule has 0 aromatic rings. The summed E-state index contributed by atoms with van der Waals surface area (Å²) in [4.78, 5) is 21.4. The van der Waals surface area contributed by atoms with E-state index in [0.29, 0.717) is 0 Å². The molecule has 20 heavy (non-hydrogen) atoms. The second-order valence-electron chi connectivity index (χ2n) is 5.83. The molecule has 1 aliphatic heterocycles. The Morgan fingerprint density at radius 3 is 1.95 bits per heavy atom. The zero-order valence-electron chi connectivity index (χ0n) is 13.3. The molecular weight excluding hydrogens is 254 g/mol. The highest BCUT2D eigenvalue weighted by molar-refractivity contribution is 5.80. The van der Waals surface area contributed by atoms with Gasteiger partial charge in [0.1, 0.15) is 6.10 Å². The van der Waals surface area contributed by atoms with E-state index in [2.05, 4.69) is 39.6 Å². The fourth-order valence-electron chi connectivity index (χ4n) is 3.26. The molecule has 0 atom stereocenters. The third-order valence-corrected chi connectivity index (χ3v) is 4.91. The van der Waals surface area contributed by atoms with Gasteiger partial charge in [-0.3, -0.25) is 4.89 Å². The van der Waals surface area contributed by atoms with Crippen LogP contribution in [0.15, 0.2) is 12.7 Å². The molecule has 1 heterocycles. The summed E-state index contributed by atoms with van der Waals surface area (Å²) in [5.74, 6) is -0.527. The average molecular weight is 283 g/mol. The highest BCUT2D eigenvalue weighted by Crippen LogP contribution is 2.38. The molecule has 1 N–H and O–H groups in total. The maximum atomic E-state index is 11.2. The second kappa shape index (κ2) is 7.23. The molecule has 1 aliphatic rings. The number of hydrogen-bond donors (Lipinski definition) is 1. The number of carbonyl (C=O) groups excluding carboxylic acids is 1. The van der Waals surface area contributed by atoms with Crippen molar-refractivity contribution in [2.24, 2.45) is 0 Å². The van der Waals surface area contributed by atoms with Crippen molar-refractivity contribution >= 4 is 5.97 Å². The van der Waals surface area contributed by atoms with E-state index in [1.165, 1.54) is 0 Å². The van der Waals surface area contributed by atoms with E-state index in [1.807, 2.05) is 0 Å². The van der Waals surface area contributed by atoms with Crippen LogP contribution >= 0.6 is 0 Å². The molecule has 0 spiro atoms. The minimum atomic E-state index is -0.527. The van der Waals surface area contributed by atoms with Gasteiger partial charge in [0.05, 0.1) is 0 Å². The van der Waals surface area contributed by atoms with Gasteiger partial charge in [-0.05, 0) is 38.5 Å². The summed E-state index contributed by atoms with van der Waals surface area (Å²) in [5, 5.41) is 3.87. The summed E-state index contributed by atoms with van der Waals surface area (Å²) in [6.07, 6.45) is 6.97. The molecule has 4 heteroatoms. The van der Waals surface area contributed by atoms with Crippen LogP contribution < -0.4 is 5.32 Å². The molecule has 0 bridgehead atoms. The van der Waals surface area contributed by atoms with Crippen LogP contribution in [0.25, 0.3) is 0 Å². The lowest BCUT2D eigenvalue weighted by molar-refractivity contribution is -0.305. The summed E-state index contributed by atoms with van der Waals surface area (Å²) < 4.78 is 0. The lowest BCUT2D eigenvalue weighted by atomic mass is 9.72. The molecule has 116 valence electrons. The first kappa shape index (κ1) is 17.2. The first-order valence-electron chi connectivity index (χ1n) is 7.77. The van der Waals surface area contributed by atoms with Crippen molar-refractivity contribution in [3.05, 3.63) is 12.7 Å². The molecule has 1 fully saturated rings. The quantitative estimate of drug-likeness (QED) is 0.441. The van der Waals surface area contributed by atoms with E-state index in [-0.39, 0.29) is 17.2 Å². The summed E-state index contributed by atoms with van der Waals surface area (Å²) in [6.45, 7) is 12.2. The minimum Gasteiger partial charge on any atom is -0.306 e. The summed E-state index contributed by atoms with van der Waals surface area (Å²) >= 11 is 0. The molecular formula is C16H29NO3. The maximum absolute atomic E-state index is 11.2. The third-order valence-electron chi connectivity index (χ3n) is 4.91. The van der Waals surface area contributed by atoms with E-state index in [1.54, 1.807) is 0 Å². The lowest BCUT2D eigenvalue weighted by Gasteiger charge is -2.51. The Balaban J connectivity index is 2.84. The Morgan fingerprint density at radius 2 is 1.60 bits per heavy atom. The highest BCUT2D eigenvalue weighted by Gasteiger charge is 2.45. The molecule has 0 aliphatic carbocycles. The topological polar surface area (TPSA) is 47.6 Å². The van der Waals surface area contributed by atoms with Crippen molar-refractivity contribution in [2.75, 3.05) is 0 Å². The Bertz CT molecular complexity index is 313. The van der Waals surface area contributed by atoms with Crippen LogP contribution in [-0.4, -0.2) is 23.2 Å². The molecule has 0 aromatic carbocycles. The van der Waals surface area contributed by atoms with Crippen LogP contribution in [0.1, 0.15) is 66.2 Å². The standard InChI is InChI=1S/C16H29NO3/c1-6-14(18)20-19-13-11-15(7-2,8-3)17-16(9-4,10-5)12-13/h6,13,17H,1,7-12H2,2-5H3. The van der Waals surface area contributed by atoms with Gasteiger partial charge in [0.25, 0.3) is 0 Å². The van der Waals surface area contributed by atoms with Gasteiger partial charge in [0, 0.05) is 17.2 Å². The van der Waals surface area contributed by atoms with Crippen molar-refractivity contribution in [1.29, 1.82) is 0 Å². The zero-order chi connectivity index (χ0) is 15.2. The molecule has 0 amide bonds. The van der Waals surface area contributed by atoms with Crippen molar-refractivity contribution in [3.8, 4) is 0 Å². The first-order chi connectivity index (χ1) is 9.48. The van der Waals surface area contributed by atoms with Crippen LogP contribution in [0.5, 0.6) is 0 Å². The molecule has 0 unspecified atom stereocenters. The van der Waals surface area contributed by atoms with Gasteiger partial charge in [0.2, 0.25) is 0 Å². The van der Waals surface area contributed by atoms with Gasteiger partial charge in [0.15, 0.2) is 0 Å². The number of piperidine rings is 1. The van der Waals surface area contributed by atoms with Gasteiger partial charge in [-0.25, -0.2) is 4.79 Å². The van der Waals surface area contributed by atoms with Crippen LogP contribution in [0.2, 0.25) is 0 Å². The molecule has 0 radical (unpaired) electrons.